The van der Waals surface area contributed by atoms with E-state index in [1.165, 1.54) is 5.56 Å². The van der Waals surface area contributed by atoms with Crippen LogP contribution in [0.25, 0.3) is 0 Å². The molecular formula is C21H25N3O3. The molecule has 3 rings (SSSR count). The van der Waals surface area contributed by atoms with E-state index in [0.29, 0.717) is 30.3 Å². The normalized spacial score (nSPS) is 15.0. The highest BCUT2D eigenvalue weighted by Gasteiger charge is 2.32. The average Bonchev–Trinajstić information content (AvgIpc) is 2.76. The Hall–Kier alpha value is -3.02. The Labute approximate surface area is 159 Å². The SMILES string of the molecule is CC1(C)COc2ccc(NC(=O)NCCCc3ccccc3)cc2NC1=O. The van der Waals surface area contributed by atoms with Crippen LogP contribution in [-0.2, 0) is 11.2 Å². The van der Waals surface area contributed by atoms with E-state index in [1.807, 2.05) is 32.0 Å². The van der Waals surface area contributed by atoms with E-state index >= 15 is 0 Å². The molecule has 0 bridgehead atoms. The van der Waals surface area contributed by atoms with Crippen LogP contribution >= 0.6 is 0 Å². The quantitative estimate of drug-likeness (QED) is 0.703. The summed E-state index contributed by atoms with van der Waals surface area (Å²) in [6, 6.07) is 15.1. The Balaban J connectivity index is 1.51. The number of urea groups is 1. The lowest BCUT2D eigenvalue weighted by molar-refractivity contribution is -0.124. The molecule has 27 heavy (non-hydrogen) atoms. The highest BCUT2D eigenvalue weighted by molar-refractivity contribution is 5.98. The highest BCUT2D eigenvalue weighted by Crippen LogP contribution is 2.34. The van der Waals surface area contributed by atoms with Gasteiger partial charge in [0.25, 0.3) is 0 Å². The predicted octanol–water partition coefficient (Wildman–Crippen LogP) is 3.80. The molecule has 0 atom stereocenters. The van der Waals surface area contributed by atoms with E-state index in [1.54, 1.807) is 18.2 Å². The molecule has 0 aliphatic carbocycles. The number of carbonyl (C=O) groups is 2. The second-order valence-corrected chi connectivity index (χ2v) is 7.31. The molecule has 3 N–H and O–H groups in total. The summed E-state index contributed by atoms with van der Waals surface area (Å²) in [4.78, 5) is 24.3. The second kappa shape index (κ2) is 8.12. The summed E-state index contributed by atoms with van der Waals surface area (Å²) in [5, 5.41) is 8.50. The third kappa shape index (κ3) is 5.00. The molecule has 0 saturated carbocycles. The lowest BCUT2D eigenvalue weighted by atomic mass is 9.94. The van der Waals surface area contributed by atoms with Crippen molar-refractivity contribution in [2.45, 2.75) is 26.7 Å². The van der Waals surface area contributed by atoms with Crippen molar-refractivity contribution < 1.29 is 14.3 Å². The lowest BCUT2D eigenvalue weighted by Gasteiger charge is -2.18. The maximum atomic E-state index is 12.2. The fraction of sp³-hybridized carbons (Fsp3) is 0.333. The van der Waals surface area contributed by atoms with Gasteiger partial charge in [-0.05, 0) is 50.5 Å². The van der Waals surface area contributed by atoms with Crippen LogP contribution in [0.5, 0.6) is 5.75 Å². The van der Waals surface area contributed by atoms with Crippen LogP contribution in [-0.4, -0.2) is 25.1 Å². The number of rotatable bonds is 5. The third-order valence-corrected chi connectivity index (χ3v) is 4.46. The zero-order valence-corrected chi connectivity index (χ0v) is 15.7. The minimum absolute atomic E-state index is 0.108. The van der Waals surface area contributed by atoms with Crippen molar-refractivity contribution in [1.82, 2.24) is 5.32 Å². The molecule has 6 nitrogen and oxygen atoms in total. The van der Waals surface area contributed by atoms with E-state index in [9.17, 15) is 9.59 Å². The molecule has 0 radical (unpaired) electrons. The van der Waals surface area contributed by atoms with Crippen molar-refractivity contribution in [3.63, 3.8) is 0 Å². The number of ether oxygens (including phenoxy) is 1. The standard InChI is InChI=1S/C21H25N3O3/c1-21(2)14-27-18-11-10-16(13-17(18)24-19(21)25)23-20(26)22-12-6-9-15-7-4-3-5-8-15/h3-5,7-8,10-11,13H,6,9,12,14H2,1-2H3,(H,24,25)(H2,22,23,26). The van der Waals surface area contributed by atoms with Crippen molar-refractivity contribution in [3.05, 3.63) is 54.1 Å². The van der Waals surface area contributed by atoms with E-state index in [2.05, 4.69) is 28.1 Å². The summed E-state index contributed by atoms with van der Waals surface area (Å²) >= 11 is 0. The number of fused-ring (bicyclic) bond motifs is 1. The largest absolute Gasteiger partial charge is 0.490 e. The summed E-state index contributed by atoms with van der Waals surface area (Å²) in [7, 11) is 0. The molecule has 0 aromatic heterocycles. The topological polar surface area (TPSA) is 79.5 Å². The third-order valence-electron chi connectivity index (χ3n) is 4.46. The fourth-order valence-corrected chi connectivity index (χ4v) is 2.76. The zero-order chi connectivity index (χ0) is 19.3. The van der Waals surface area contributed by atoms with Crippen molar-refractivity contribution in [1.29, 1.82) is 0 Å². The summed E-state index contributed by atoms with van der Waals surface area (Å²) in [6.45, 7) is 4.55. The van der Waals surface area contributed by atoms with Crippen LogP contribution in [0, 0.1) is 5.41 Å². The molecule has 6 heteroatoms. The zero-order valence-electron chi connectivity index (χ0n) is 15.7. The average molecular weight is 367 g/mol. The van der Waals surface area contributed by atoms with E-state index in [0.717, 1.165) is 12.8 Å². The number of hydrogen-bond donors (Lipinski definition) is 3. The van der Waals surface area contributed by atoms with Crippen LogP contribution in [0.3, 0.4) is 0 Å². The van der Waals surface area contributed by atoms with Crippen LogP contribution in [0.2, 0.25) is 0 Å². The maximum absolute atomic E-state index is 12.2. The van der Waals surface area contributed by atoms with Crippen molar-refractivity contribution in [3.8, 4) is 5.75 Å². The number of aryl methyl sites for hydroxylation is 1. The Morgan fingerprint density at radius 2 is 1.96 bits per heavy atom. The molecule has 2 aromatic rings. The fourth-order valence-electron chi connectivity index (χ4n) is 2.76. The van der Waals surface area contributed by atoms with Crippen LogP contribution < -0.4 is 20.7 Å². The van der Waals surface area contributed by atoms with Gasteiger partial charge in [0, 0.05) is 12.2 Å². The van der Waals surface area contributed by atoms with Gasteiger partial charge in [0.1, 0.15) is 12.4 Å². The van der Waals surface area contributed by atoms with Gasteiger partial charge >= 0.3 is 6.03 Å². The summed E-state index contributed by atoms with van der Waals surface area (Å²) in [5.41, 5.74) is 1.80. The molecule has 1 aliphatic heterocycles. The van der Waals surface area contributed by atoms with E-state index in [4.69, 9.17) is 4.74 Å². The van der Waals surface area contributed by atoms with Gasteiger partial charge in [-0.1, -0.05) is 30.3 Å². The minimum atomic E-state index is -0.608. The molecule has 2 aromatic carbocycles. The number of anilines is 2. The highest BCUT2D eigenvalue weighted by atomic mass is 16.5. The van der Waals surface area contributed by atoms with Gasteiger partial charge in [0.2, 0.25) is 5.91 Å². The summed E-state index contributed by atoms with van der Waals surface area (Å²) < 4.78 is 5.70. The molecule has 0 saturated heterocycles. The minimum Gasteiger partial charge on any atom is -0.490 e. The summed E-state index contributed by atoms with van der Waals surface area (Å²) in [6.07, 6.45) is 1.78. The number of carbonyl (C=O) groups excluding carboxylic acids is 2. The van der Waals surface area contributed by atoms with Gasteiger partial charge < -0.3 is 20.7 Å². The number of hydrogen-bond acceptors (Lipinski definition) is 3. The number of amides is 3. The number of benzene rings is 2. The first kappa shape index (κ1) is 18.8. The molecular weight excluding hydrogens is 342 g/mol. The Morgan fingerprint density at radius 3 is 2.74 bits per heavy atom. The molecule has 0 spiro atoms. The van der Waals surface area contributed by atoms with E-state index < -0.39 is 5.41 Å². The number of nitrogens with one attached hydrogen (secondary N) is 3. The first-order valence-electron chi connectivity index (χ1n) is 9.11. The Morgan fingerprint density at radius 1 is 1.19 bits per heavy atom. The van der Waals surface area contributed by atoms with Crippen LogP contribution in [0.4, 0.5) is 16.2 Å². The van der Waals surface area contributed by atoms with Gasteiger partial charge in [-0.3, -0.25) is 4.79 Å². The van der Waals surface area contributed by atoms with Gasteiger partial charge in [-0.15, -0.1) is 0 Å². The molecule has 0 unspecified atom stereocenters. The Kier molecular flexibility index (Phi) is 5.64. The van der Waals surface area contributed by atoms with Gasteiger partial charge in [0.15, 0.2) is 0 Å². The van der Waals surface area contributed by atoms with Crippen LogP contribution in [0.15, 0.2) is 48.5 Å². The monoisotopic (exact) mass is 367 g/mol. The predicted molar refractivity (Wildman–Crippen MR) is 106 cm³/mol. The van der Waals surface area contributed by atoms with Crippen molar-refractivity contribution >= 4 is 23.3 Å². The molecule has 1 heterocycles. The smallest absolute Gasteiger partial charge is 0.319 e. The van der Waals surface area contributed by atoms with Crippen molar-refractivity contribution in [2.75, 3.05) is 23.8 Å². The molecule has 0 fully saturated rings. The lowest BCUT2D eigenvalue weighted by Crippen LogP contribution is -2.33. The second-order valence-electron chi connectivity index (χ2n) is 7.31. The van der Waals surface area contributed by atoms with Crippen molar-refractivity contribution in [2.24, 2.45) is 5.41 Å². The van der Waals surface area contributed by atoms with Gasteiger partial charge in [-0.25, -0.2) is 4.79 Å². The molecule has 1 aliphatic rings. The van der Waals surface area contributed by atoms with Gasteiger partial charge in [0.05, 0.1) is 11.1 Å². The molecule has 3 amide bonds. The van der Waals surface area contributed by atoms with Crippen LogP contribution in [0.1, 0.15) is 25.8 Å². The van der Waals surface area contributed by atoms with Gasteiger partial charge in [-0.2, -0.15) is 0 Å². The maximum Gasteiger partial charge on any atom is 0.319 e. The Bertz CT molecular complexity index is 819. The van der Waals surface area contributed by atoms with E-state index in [-0.39, 0.29) is 11.9 Å². The summed E-state index contributed by atoms with van der Waals surface area (Å²) in [5.74, 6) is 0.492. The first-order chi connectivity index (χ1) is 12.9. The first-order valence-corrected chi connectivity index (χ1v) is 9.11. The molecule has 142 valence electrons.